The van der Waals surface area contributed by atoms with Gasteiger partial charge in [-0.1, -0.05) is 24.3 Å². The molecule has 3 aliphatic rings. The van der Waals surface area contributed by atoms with Crippen molar-refractivity contribution in [2.45, 2.75) is 12.5 Å². The third-order valence-corrected chi connectivity index (χ3v) is 2.97. The van der Waals surface area contributed by atoms with Gasteiger partial charge in [0, 0.05) is 12.5 Å². The Morgan fingerprint density at radius 3 is 3.38 bits per heavy atom. The van der Waals surface area contributed by atoms with Gasteiger partial charge in [-0.25, -0.2) is 0 Å². The Balaban J connectivity index is 2.00. The second kappa shape index (κ2) is 2.74. The third-order valence-electron chi connectivity index (χ3n) is 2.97. The van der Waals surface area contributed by atoms with Crippen molar-refractivity contribution >= 4 is 0 Å². The van der Waals surface area contributed by atoms with E-state index in [0.717, 1.165) is 13.2 Å². The lowest BCUT2D eigenvalue weighted by Crippen LogP contribution is -2.37. The Labute approximate surface area is 78.0 Å². The van der Waals surface area contributed by atoms with Gasteiger partial charge >= 0.3 is 0 Å². The van der Waals surface area contributed by atoms with Gasteiger partial charge in [0.2, 0.25) is 0 Å². The Hall–Kier alpha value is -1.02. The Morgan fingerprint density at radius 2 is 2.38 bits per heavy atom. The first kappa shape index (κ1) is 7.39. The van der Waals surface area contributed by atoms with Crippen molar-refractivity contribution in [3.05, 3.63) is 35.6 Å². The molecular weight excluding hydrogens is 162 g/mol. The maximum atomic E-state index is 5.70. The van der Waals surface area contributed by atoms with Crippen LogP contribution in [0.4, 0.5) is 0 Å². The summed E-state index contributed by atoms with van der Waals surface area (Å²) in [5.41, 5.74) is 1.39. The van der Waals surface area contributed by atoms with E-state index in [2.05, 4.69) is 29.6 Å². The Morgan fingerprint density at radius 1 is 1.38 bits per heavy atom. The highest BCUT2D eigenvalue weighted by Crippen LogP contribution is 2.37. The van der Waals surface area contributed by atoms with E-state index in [4.69, 9.17) is 4.74 Å². The molecule has 1 saturated heterocycles. The molecule has 2 heteroatoms. The Kier molecular flexibility index (Phi) is 1.56. The summed E-state index contributed by atoms with van der Waals surface area (Å²) in [6.45, 7) is 1.81. The van der Waals surface area contributed by atoms with E-state index in [9.17, 15) is 0 Å². The molecule has 1 aliphatic heterocycles. The van der Waals surface area contributed by atoms with Gasteiger partial charge in [-0.2, -0.15) is 0 Å². The predicted octanol–water partition coefficient (Wildman–Crippen LogP) is 1.37. The van der Waals surface area contributed by atoms with Crippen molar-refractivity contribution in [3.63, 3.8) is 0 Å². The molecule has 3 rings (SSSR count). The maximum Gasteiger partial charge on any atom is 0.117 e. The molecular formula is C11H13NO. The van der Waals surface area contributed by atoms with Crippen LogP contribution in [-0.2, 0) is 4.74 Å². The number of fused-ring (bicyclic) bond motifs is 2. The predicted molar refractivity (Wildman–Crippen MR) is 51.2 cm³/mol. The van der Waals surface area contributed by atoms with Gasteiger partial charge in [-0.3, -0.25) is 0 Å². The molecule has 0 amide bonds. The van der Waals surface area contributed by atoms with Crippen LogP contribution in [0.1, 0.15) is 6.42 Å². The fourth-order valence-electron chi connectivity index (χ4n) is 2.37. The molecule has 0 radical (unpaired) electrons. The van der Waals surface area contributed by atoms with Gasteiger partial charge in [-0.05, 0) is 12.0 Å². The molecule has 0 aromatic heterocycles. The summed E-state index contributed by atoms with van der Waals surface area (Å²) < 4.78 is 5.70. The fourth-order valence-corrected chi connectivity index (χ4v) is 2.37. The third kappa shape index (κ3) is 1.05. The Bertz CT molecular complexity index is 314. The molecule has 0 aromatic rings. The van der Waals surface area contributed by atoms with Gasteiger partial charge in [0.15, 0.2) is 0 Å². The topological polar surface area (TPSA) is 21.3 Å². The maximum absolute atomic E-state index is 5.70. The van der Waals surface area contributed by atoms with Crippen molar-refractivity contribution in [1.29, 1.82) is 0 Å². The van der Waals surface area contributed by atoms with E-state index < -0.39 is 0 Å². The van der Waals surface area contributed by atoms with E-state index in [0.29, 0.717) is 12.0 Å². The molecule has 1 N–H and O–H groups in total. The first-order valence-electron chi connectivity index (χ1n) is 4.90. The van der Waals surface area contributed by atoms with E-state index in [1.807, 2.05) is 0 Å². The standard InChI is InChI=1S/C11H13NO/c1-2-4-9-8(3-1)7-10-11(9)13-6-5-12-10/h1-4,8,10,12H,5-7H2. The normalized spacial score (nSPS) is 35.7. The number of nitrogens with one attached hydrogen (secondary N) is 1. The molecule has 0 bridgehead atoms. The highest BCUT2D eigenvalue weighted by atomic mass is 16.5. The smallest absolute Gasteiger partial charge is 0.117 e. The summed E-state index contributed by atoms with van der Waals surface area (Å²) in [6.07, 6.45) is 9.86. The molecule has 1 heterocycles. The molecule has 13 heavy (non-hydrogen) atoms. The average molecular weight is 175 g/mol. The minimum absolute atomic E-state index is 0.473. The highest BCUT2D eigenvalue weighted by molar-refractivity contribution is 5.41. The van der Waals surface area contributed by atoms with Crippen molar-refractivity contribution in [2.75, 3.05) is 13.2 Å². The zero-order chi connectivity index (χ0) is 8.67. The first-order chi connectivity index (χ1) is 6.45. The summed E-state index contributed by atoms with van der Waals surface area (Å²) in [4.78, 5) is 0. The lowest BCUT2D eigenvalue weighted by atomic mass is 9.97. The van der Waals surface area contributed by atoms with Gasteiger partial charge in [0.05, 0.1) is 6.04 Å². The number of hydrogen-bond acceptors (Lipinski definition) is 2. The molecule has 1 fully saturated rings. The van der Waals surface area contributed by atoms with Crippen molar-refractivity contribution in [2.24, 2.45) is 5.92 Å². The minimum atomic E-state index is 0.473. The summed E-state index contributed by atoms with van der Waals surface area (Å²) in [5, 5.41) is 3.49. The monoisotopic (exact) mass is 175 g/mol. The molecule has 0 aromatic carbocycles. The lowest BCUT2D eigenvalue weighted by Gasteiger charge is -2.23. The molecule has 2 unspecified atom stereocenters. The zero-order valence-corrected chi connectivity index (χ0v) is 7.49. The van der Waals surface area contributed by atoms with Crippen LogP contribution in [0, 0.1) is 5.92 Å². The summed E-state index contributed by atoms with van der Waals surface area (Å²) in [5.74, 6) is 1.78. The number of ether oxygens (including phenoxy) is 1. The fraction of sp³-hybridized carbons (Fsp3) is 0.455. The van der Waals surface area contributed by atoms with Crippen LogP contribution in [0.3, 0.4) is 0 Å². The van der Waals surface area contributed by atoms with E-state index in [1.54, 1.807) is 0 Å². The largest absolute Gasteiger partial charge is 0.495 e. The van der Waals surface area contributed by atoms with Gasteiger partial charge in [-0.15, -0.1) is 0 Å². The summed E-state index contributed by atoms with van der Waals surface area (Å²) in [6, 6.07) is 0.473. The molecule has 68 valence electrons. The lowest BCUT2D eigenvalue weighted by molar-refractivity contribution is 0.152. The second-order valence-corrected chi connectivity index (χ2v) is 3.76. The van der Waals surface area contributed by atoms with Crippen LogP contribution in [0.5, 0.6) is 0 Å². The van der Waals surface area contributed by atoms with Crippen LogP contribution < -0.4 is 5.32 Å². The highest BCUT2D eigenvalue weighted by Gasteiger charge is 2.34. The minimum Gasteiger partial charge on any atom is -0.495 e. The van der Waals surface area contributed by atoms with Gasteiger partial charge in [0.1, 0.15) is 12.4 Å². The van der Waals surface area contributed by atoms with Crippen LogP contribution in [0.25, 0.3) is 0 Å². The van der Waals surface area contributed by atoms with Crippen LogP contribution in [0.15, 0.2) is 35.6 Å². The van der Waals surface area contributed by atoms with Gasteiger partial charge in [0.25, 0.3) is 0 Å². The molecule has 0 saturated carbocycles. The number of rotatable bonds is 0. The molecule has 0 spiro atoms. The molecule has 2 atom stereocenters. The summed E-state index contributed by atoms with van der Waals surface area (Å²) in [7, 11) is 0. The molecule has 2 aliphatic carbocycles. The average Bonchev–Trinajstić information content (AvgIpc) is 2.56. The van der Waals surface area contributed by atoms with Crippen molar-refractivity contribution in [3.8, 4) is 0 Å². The second-order valence-electron chi connectivity index (χ2n) is 3.76. The van der Waals surface area contributed by atoms with Crippen molar-refractivity contribution < 1.29 is 4.74 Å². The van der Waals surface area contributed by atoms with E-state index in [1.165, 1.54) is 17.8 Å². The van der Waals surface area contributed by atoms with Crippen LogP contribution in [0.2, 0.25) is 0 Å². The summed E-state index contributed by atoms with van der Waals surface area (Å²) >= 11 is 0. The number of hydrogen-bond donors (Lipinski definition) is 1. The quantitative estimate of drug-likeness (QED) is 0.600. The zero-order valence-electron chi connectivity index (χ0n) is 7.49. The van der Waals surface area contributed by atoms with E-state index >= 15 is 0 Å². The first-order valence-corrected chi connectivity index (χ1v) is 4.90. The van der Waals surface area contributed by atoms with Gasteiger partial charge < -0.3 is 10.1 Å². The van der Waals surface area contributed by atoms with Crippen LogP contribution in [-0.4, -0.2) is 19.2 Å². The molecule has 2 nitrogen and oxygen atoms in total. The van der Waals surface area contributed by atoms with Crippen molar-refractivity contribution in [1.82, 2.24) is 5.32 Å². The number of allylic oxidation sites excluding steroid dienone is 5. The van der Waals surface area contributed by atoms with Crippen LogP contribution >= 0.6 is 0 Å². The van der Waals surface area contributed by atoms with E-state index in [-0.39, 0.29) is 0 Å². The SMILES string of the molecule is C1=CC2=C3OCCNC3CC2C=C1. The number of morpholine rings is 1.